The van der Waals surface area contributed by atoms with E-state index < -0.39 is 11.4 Å². The van der Waals surface area contributed by atoms with Crippen molar-refractivity contribution in [2.75, 3.05) is 0 Å². The van der Waals surface area contributed by atoms with Gasteiger partial charge in [0.15, 0.2) is 0 Å². The molecule has 0 aliphatic heterocycles. The van der Waals surface area contributed by atoms with E-state index in [9.17, 15) is 4.39 Å². The first-order chi connectivity index (χ1) is 5.97. The van der Waals surface area contributed by atoms with Crippen LogP contribution in [0.4, 0.5) is 4.39 Å². The van der Waals surface area contributed by atoms with Gasteiger partial charge in [0.2, 0.25) is 5.95 Å². The minimum atomic E-state index is -0.679. The molecule has 0 N–H and O–H groups in total. The first-order valence-electron chi connectivity index (χ1n) is 3.76. The van der Waals surface area contributed by atoms with E-state index >= 15 is 0 Å². The van der Waals surface area contributed by atoms with Gasteiger partial charge in [-0.1, -0.05) is 17.5 Å². The lowest BCUT2D eigenvalue weighted by atomic mass is 9.86. The Morgan fingerprint density at radius 1 is 1.62 bits per heavy atom. The highest BCUT2D eigenvalue weighted by Crippen LogP contribution is 2.25. The average Bonchev–Trinajstić information content (AvgIpc) is 2.09. The summed E-state index contributed by atoms with van der Waals surface area (Å²) in [7, 11) is 0. The van der Waals surface area contributed by atoms with Gasteiger partial charge in [0.1, 0.15) is 0 Å². The van der Waals surface area contributed by atoms with Crippen LogP contribution in [0.15, 0.2) is 12.3 Å². The molecular formula is C10H9ClFN. The Bertz CT molecular complexity index is 366. The van der Waals surface area contributed by atoms with Gasteiger partial charge in [0.25, 0.3) is 0 Å². The van der Waals surface area contributed by atoms with E-state index in [0.29, 0.717) is 10.6 Å². The average molecular weight is 198 g/mol. The summed E-state index contributed by atoms with van der Waals surface area (Å²) in [6.45, 7) is 3.48. The van der Waals surface area contributed by atoms with Gasteiger partial charge in [-0.05, 0) is 19.9 Å². The molecule has 1 nitrogen and oxygen atoms in total. The summed E-state index contributed by atoms with van der Waals surface area (Å²) >= 11 is 5.68. The third-order valence-corrected chi connectivity index (χ3v) is 2.05. The van der Waals surface area contributed by atoms with Crippen molar-refractivity contribution in [1.82, 2.24) is 4.98 Å². The minimum absolute atomic E-state index is 0.350. The first kappa shape index (κ1) is 10.0. The van der Waals surface area contributed by atoms with Gasteiger partial charge in [-0.15, -0.1) is 6.42 Å². The summed E-state index contributed by atoms with van der Waals surface area (Å²) in [6.07, 6.45) is 6.53. The molecule has 0 aromatic carbocycles. The zero-order valence-electron chi connectivity index (χ0n) is 7.44. The number of hydrogen-bond acceptors (Lipinski definition) is 1. The quantitative estimate of drug-likeness (QED) is 0.498. The van der Waals surface area contributed by atoms with Crippen molar-refractivity contribution in [2.45, 2.75) is 19.3 Å². The highest BCUT2D eigenvalue weighted by atomic mass is 35.5. The Morgan fingerprint density at radius 2 is 2.23 bits per heavy atom. The Hall–Kier alpha value is -1.07. The number of aromatic nitrogens is 1. The van der Waals surface area contributed by atoms with E-state index in [1.807, 2.05) is 0 Å². The standard InChI is InChI=1S/C10H9ClFN/c1-4-10(2,3)8-5-7(11)6-13-9(8)12/h1,5-6H,2-3H3. The lowest BCUT2D eigenvalue weighted by molar-refractivity contribution is 0.533. The van der Waals surface area contributed by atoms with Gasteiger partial charge in [-0.2, -0.15) is 4.39 Å². The fourth-order valence-electron chi connectivity index (χ4n) is 0.939. The van der Waals surface area contributed by atoms with Gasteiger partial charge < -0.3 is 0 Å². The lowest BCUT2D eigenvalue weighted by Crippen LogP contribution is -2.16. The van der Waals surface area contributed by atoms with E-state index in [0.717, 1.165) is 0 Å². The summed E-state index contributed by atoms with van der Waals surface area (Å²) in [5.74, 6) is 1.92. The number of pyridine rings is 1. The van der Waals surface area contributed by atoms with Crippen LogP contribution in [0.2, 0.25) is 5.02 Å². The lowest BCUT2D eigenvalue weighted by Gasteiger charge is -2.17. The Kier molecular flexibility index (Phi) is 2.58. The predicted octanol–water partition coefficient (Wildman–Crippen LogP) is 2.78. The van der Waals surface area contributed by atoms with Crippen LogP contribution in [0.3, 0.4) is 0 Å². The first-order valence-corrected chi connectivity index (χ1v) is 4.14. The molecule has 0 fully saturated rings. The van der Waals surface area contributed by atoms with Crippen molar-refractivity contribution in [3.05, 3.63) is 28.8 Å². The topological polar surface area (TPSA) is 12.9 Å². The third kappa shape index (κ3) is 1.99. The summed E-state index contributed by atoms with van der Waals surface area (Å²) in [4.78, 5) is 3.50. The molecule has 0 bridgehead atoms. The number of nitrogens with zero attached hydrogens (tertiary/aromatic N) is 1. The largest absolute Gasteiger partial charge is 0.226 e. The van der Waals surface area contributed by atoms with Crippen LogP contribution in [0.5, 0.6) is 0 Å². The maximum absolute atomic E-state index is 13.2. The molecule has 0 amide bonds. The van der Waals surface area contributed by atoms with Gasteiger partial charge >= 0.3 is 0 Å². The smallest absolute Gasteiger partial charge is 0.217 e. The molecule has 0 saturated heterocycles. The number of hydrogen-bond donors (Lipinski definition) is 0. The Balaban J connectivity index is 3.30. The minimum Gasteiger partial charge on any atom is -0.226 e. The summed E-state index contributed by atoms with van der Waals surface area (Å²) in [5, 5.41) is 0.389. The highest BCUT2D eigenvalue weighted by molar-refractivity contribution is 6.30. The van der Waals surface area contributed by atoms with E-state index in [-0.39, 0.29) is 0 Å². The van der Waals surface area contributed by atoms with Crippen molar-refractivity contribution in [1.29, 1.82) is 0 Å². The molecule has 0 radical (unpaired) electrons. The molecule has 0 atom stereocenters. The molecule has 0 unspecified atom stereocenters. The van der Waals surface area contributed by atoms with Crippen LogP contribution in [-0.4, -0.2) is 4.98 Å². The summed E-state index contributed by atoms with van der Waals surface area (Å²) in [6, 6.07) is 1.50. The number of halogens is 2. The molecule has 1 aromatic heterocycles. The van der Waals surface area contributed by atoms with Crippen LogP contribution >= 0.6 is 11.6 Å². The Morgan fingerprint density at radius 3 is 2.77 bits per heavy atom. The Labute approximate surface area is 81.9 Å². The van der Waals surface area contributed by atoms with Crippen molar-refractivity contribution in [3.8, 4) is 12.3 Å². The normalized spacial score (nSPS) is 11.0. The van der Waals surface area contributed by atoms with Crippen molar-refractivity contribution in [3.63, 3.8) is 0 Å². The van der Waals surface area contributed by atoms with Gasteiger partial charge in [-0.25, -0.2) is 4.98 Å². The van der Waals surface area contributed by atoms with Crippen LogP contribution in [0.1, 0.15) is 19.4 Å². The summed E-state index contributed by atoms with van der Waals surface area (Å²) < 4.78 is 13.2. The van der Waals surface area contributed by atoms with E-state index in [1.54, 1.807) is 13.8 Å². The number of rotatable bonds is 1. The molecule has 1 rings (SSSR count). The second kappa shape index (κ2) is 3.35. The SMILES string of the molecule is C#CC(C)(C)c1cc(Cl)cnc1F. The zero-order chi connectivity index (χ0) is 10.1. The predicted molar refractivity (Wildman–Crippen MR) is 51.1 cm³/mol. The second-order valence-corrected chi connectivity index (χ2v) is 3.70. The zero-order valence-corrected chi connectivity index (χ0v) is 8.19. The molecule has 0 spiro atoms. The highest BCUT2D eigenvalue weighted by Gasteiger charge is 2.22. The maximum Gasteiger partial charge on any atom is 0.217 e. The molecule has 0 aliphatic rings. The van der Waals surface area contributed by atoms with Crippen LogP contribution < -0.4 is 0 Å². The fourth-order valence-corrected chi connectivity index (χ4v) is 1.10. The van der Waals surface area contributed by atoms with Gasteiger partial charge in [0, 0.05) is 11.8 Å². The molecular weight excluding hydrogens is 189 g/mol. The molecule has 0 aliphatic carbocycles. The van der Waals surface area contributed by atoms with Crippen LogP contribution in [0.25, 0.3) is 0 Å². The van der Waals surface area contributed by atoms with E-state index in [1.165, 1.54) is 12.3 Å². The van der Waals surface area contributed by atoms with E-state index in [4.69, 9.17) is 18.0 Å². The second-order valence-electron chi connectivity index (χ2n) is 3.26. The summed E-state index contributed by atoms with van der Waals surface area (Å²) in [5.41, 5.74) is -0.329. The van der Waals surface area contributed by atoms with Gasteiger partial charge in [0.05, 0.1) is 10.4 Å². The van der Waals surface area contributed by atoms with Crippen LogP contribution in [0, 0.1) is 18.3 Å². The monoisotopic (exact) mass is 197 g/mol. The molecule has 13 heavy (non-hydrogen) atoms. The maximum atomic E-state index is 13.2. The molecule has 1 aromatic rings. The van der Waals surface area contributed by atoms with Gasteiger partial charge in [-0.3, -0.25) is 0 Å². The van der Waals surface area contributed by atoms with Crippen LogP contribution in [-0.2, 0) is 5.41 Å². The third-order valence-electron chi connectivity index (χ3n) is 1.84. The van der Waals surface area contributed by atoms with Crippen molar-refractivity contribution < 1.29 is 4.39 Å². The van der Waals surface area contributed by atoms with Crippen molar-refractivity contribution in [2.24, 2.45) is 0 Å². The molecule has 68 valence electrons. The number of terminal acetylenes is 1. The molecule has 1 heterocycles. The van der Waals surface area contributed by atoms with Crippen molar-refractivity contribution >= 4 is 11.6 Å². The fraction of sp³-hybridized carbons (Fsp3) is 0.300. The molecule has 3 heteroatoms. The molecule has 0 saturated carbocycles. The van der Waals surface area contributed by atoms with E-state index in [2.05, 4.69) is 10.9 Å².